The van der Waals surface area contributed by atoms with E-state index in [0.717, 1.165) is 10.1 Å². The fourth-order valence-electron chi connectivity index (χ4n) is 1.92. The van der Waals surface area contributed by atoms with Crippen LogP contribution in [-0.4, -0.2) is 29.4 Å². The van der Waals surface area contributed by atoms with Crippen molar-refractivity contribution in [1.82, 2.24) is 0 Å². The van der Waals surface area contributed by atoms with Gasteiger partial charge in [-0.15, -0.1) is 10.2 Å². The van der Waals surface area contributed by atoms with Gasteiger partial charge in [0.05, 0.1) is 0 Å². The van der Waals surface area contributed by atoms with Gasteiger partial charge in [-0.2, -0.15) is 0 Å². The first kappa shape index (κ1) is 19.9. The zero-order valence-electron chi connectivity index (χ0n) is 13.4. The molecule has 0 aromatic heterocycles. The van der Waals surface area contributed by atoms with Gasteiger partial charge in [0, 0.05) is 23.3 Å². The van der Waals surface area contributed by atoms with Crippen LogP contribution in [0.15, 0.2) is 70.2 Å². The summed E-state index contributed by atoms with van der Waals surface area (Å²) in [6.07, 6.45) is 8.53. The van der Waals surface area contributed by atoms with Crippen LogP contribution in [0.3, 0.4) is 0 Å². The predicted molar refractivity (Wildman–Crippen MR) is 90.6 cm³/mol. The molecule has 25 heavy (non-hydrogen) atoms. The standard InChI is InChI=1S/C16H15N2S2.ClHO4/c1-18(2)14-10-8-13(9-11-14)16-17-15(19-20-16)12-6-4-3-5-7-12;2-1(3,4)5/h3-11H,1-2H3;(H,2,3,4,5)/q+1;/p-1. The molecule has 0 atom stereocenters. The van der Waals surface area contributed by atoms with Crippen molar-refractivity contribution in [3.05, 3.63) is 70.8 Å². The monoisotopic (exact) mass is 398 g/mol. The van der Waals surface area contributed by atoms with Crippen LogP contribution in [0.1, 0.15) is 5.56 Å². The van der Waals surface area contributed by atoms with E-state index in [1.807, 2.05) is 32.3 Å². The van der Waals surface area contributed by atoms with E-state index in [1.165, 1.54) is 16.8 Å². The molecule has 9 heteroatoms. The van der Waals surface area contributed by atoms with E-state index >= 15 is 0 Å². The van der Waals surface area contributed by atoms with Crippen molar-refractivity contribution in [3.63, 3.8) is 0 Å². The number of allylic oxidation sites excluding steroid dienone is 5. The van der Waals surface area contributed by atoms with Crippen molar-refractivity contribution in [2.75, 3.05) is 14.1 Å². The molecule has 0 amide bonds. The Morgan fingerprint density at radius 2 is 1.44 bits per heavy atom. The van der Waals surface area contributed by atoms with Crippen LogP contribution in [0.25, 0.3) is 0 Å². The van der Waals surface area contributed by atoms with E-state index in [9.17, 15) is 0 Å². The zero-order chi connectivity index (χ0) is 18.4. The molecule has 132 valence electrons. The largest absolute Gasteiger partial charge is 0.235 e. The lowest BCUT2D eigenvalue weighted by Gasteiger charge is -2.17. The molecule has 3 rings (SSSR count). The summed E-state index contributed by atoms with van der Waals surface area (Å²) in [7, 11) is 2.61. The second-order valence-corrected chi connectivity index (χ2v) is 7.94. The first-order valence-electron chi connectivity index (χ1n) is 6.99. The van der Waals surface area contributed by atoms with Gasteiger partial charge in [-0.1, -0.05) is 30.3 Å². The lowest BCUT2D eigenvalue weighted by atomic mass is 10.1. The molecule has 0 saturated heterocycles. The first-order valence-corrected chi connectivity index (χ1v) is 10.4. The molecule has 1 aliphatic carbocycles. The molecule has 1 aromatic carbocycles. The van der Waals surface area contributed by atoms with E-state index in [1.54, 1.807) is 21.6 Å². The van der Waals surface area contributed by atoms with Crippen molar-refractivity contribution >= 4 is 32.3 Å². The van der Waals surface area contributed by atoms with Gasteiger partial charge in [-0.25, -0.2) is 28.2 Å². The molecule has 0 radical (unpaired) electrons. The quantitative estimate of drug-likeness (QED) is 0.449. The smallest absolute Gasteiger partial charge is 0.199 e. The number of nitrogens with zero attached hydrogens (tertiary/aromatic N) is 2. The molecular weight excluding hydrogens is 384 g/mol. The molecule has 2 aliphatic rings. The van der Waals surface area contributed by atoms with Gasteiger partial charge in [0.1, 0.15) is 24.2 Å². The van der Waals surface area contributed by atoms with Gasteiger partial charge in [-0.3, -0.25) is 0 Å². The van der Waals surface area contributed by atoms with Crippen molar-refractivity contribution in [3.8, 4) is 0 Å². The Morgan fingerprint density at radius 3 is 1.96 bits per heavy atom. The number of rotatable bonds is 1. The highest BCUT2D eigenvalue weighted by Gasteiger charge is 2.18. The topological polar surface area (TPSA) is 108 Å². The van der Waals surface area contributed by atoms with Gasteiger partial charge >= 0.3 is 0 Å². The maximum absolute atomic E-state index is 8.49. The molecule has 0 spiro atoms. The van der Waals surface area contributed by atoms with E-state index in [2.05, 4.69) is 41.0 Å². The third kappa shape index (κ3) is 6.79. The molecule has 0 saturated carbocycles. The summed E-state index contributed by atoms with van der Waals surface area (Å²) < 4.78 is 36.1. The van der Waals surface area contributed by atoms with Crippen LogP contribution in [0.4, 0.5) is 0 Å². The molecule has 6 nitrogen and oxygen atoms in total. The van der Waals surface area contributed by atoms with E-state index in [4.69, 9.17) is 23.6 Å². The Kier molecular flexibility index (Phi) is 7.03. The average Bonchev–Trinajstić information content (AvgIpc) is 3.04. The predicted octanol–water partition coefficient (Wildman–Crippen LogP) is -0.877. The first-order chi connectivity index (χ1) is 11.7. The second kappa shape index (κ2) is 8.81. The Labute approximate surface area is 155 Å². The number of benzene rings is 1. The molecule has 1 aliphatic heterocycles. The Morgan fingerprint density at radius 1 is 0.880 bits per heavy atom. The van der Waals surface area contributed by atoms with Gasteiger partial charge in [-0.05, 0) is 33.7 Å². The van der Waals surface area contributed by atoms with Crippen molar-refractivity contribution in [2.24, 2.45) is 4.99 Å². The molecule has 0 fully saturated rings. The van der Waals surface area contributed by atoms with E-state index < -0.39 is 10.2 Å². The van der Waals surface area contributed by atoms with Crippen LogP contribution >= 0.6 is 21.6 Å². The fraction of sp³-hybridized carbons (Fsp3) is 0.125. The minimum Gasteiger partial charge on any atom is -0.235 e. The van der Waals surface area contributed by atoms with Crippen LogP contribution in [-0.2, 0) is 0 Å². The normalized spacial score (nSPS) is 16.6. The summed E-state index contributed by atoms with van der Waals surface area (Å²) in [6.45, 7) is 0. The maximum atomic E-state index is 8.49. The van der Waals surface area contributed by atoms with Crippen molar-refractivity contribution < 1.29 is 33.5 Å². The highest BCUT2D eigenvalue weighted by Crippen LogP contribution is 2.43. The highest BCUT2D eigenvalue weighted by molar-refractivity contribution is 8.84. The third-order valence-corrected chi connectivity index (χ3v) is 5.30. The number of hydrogen-bond acceptors (Lipinski definition) is 7. The van der Waals surface area contributed by atoms with Gasteiger partial charge in [0.25, 0.3) is 0 Å². The summed E-state index contributed by atoms with van der Waals surface area (Å²) in [6, 6.07) is 10.3. The second-order valence-electron chi connectivity index (χ2n) is 5.07. The van der Waals surface area contributed by atoms with Crippen LogP contribution in [0, 0.1) is 10.2 Å². The molecule has 0 unspecified atom stereocenters. The molecule has 0 N–H and O–H groups in total. The Bertz CT molecular complexity index is 753. The Balaban J connectivity index is 0.000000399. The summed E-state index contributed by atoms with van der Waals surface area (Å²) in [5, 5.41) is 2.17. The van der Waals surface area contributed by atoms with Gasteiger partial charge in [0.2, 0.25) is 0 Å². The fourth-order valence-corrected chi connectivity index (χ4v) is 4.13. The highest BCUT2D eigenvalue weighted by atomic mass is 35.7. The van der Waals surface area contributed by atoms with Crippen LogP contribution in [0.2, 0.25) is 0 Å². The third-order valence-electron chi connectivity index (χ3n) is 3.05. The van der Waals surface area contributed by atoms with Crippen LogP contribution < -0.4 is 18.6 Å². The summed E-state index contributed by atoms with van der Waals surface area (Å²) in [5.74, 6) is 0. The lowest BCUT2D eigenvalue weighted by molar-refractivity contribution is -2.00. The summed E-state index contributed by atoms with van der Waals surface area (Å²) >= 11 is 0. The number of hydrogen-bond donors (Lipinski definition) is 0. The van der Waals surface area contributed by atoms with Crippen molar-refractivity contribution in [1.29, 1.82) is 0 Å². The summed E-state index contributed by atoms with van der Waals surface area (Å²) in [4.78, 5) is 4.75. The van der Waals surface area contributed by atoms with Crippen LogP contribution in [0.5, 0.6) is 0 Å². The minimum absolute atomic E-state index is 1.08. The number of halogens is 1. The number of aliphatic imine (C=N–C) groups is 1. The maximum Gasteiger partial charge on any atom is 0.199 e. The average molecular weight is 399 g/mol. The molecular formula is C16H15ClN2O4S2. The van der Waals surface area contributed by atoms with Crippen molar-refractivity contribution in [2.45, 2.75) is 0 Å². The summed E-state index contributed by atoms with van der Waals surface area (Å²) in [5.41, 5.74) is 3.57. The Hall–Kier alpha value is -1.39. The van der Waals surface area contributed by atoms with E-state index in [0.29, 0.717) is 0 Å². The van der Waals surface area contributed by atoms with E-state index in [-0.39, 0.29) is 0 Å². The molecule has 1 aromatic rings. The molecule has 0 bridgehead atoms. The van der Waals surface area contributed by atoms with Gasteiger partial charge < -0.3 is 0 Å². The molecule has 1 heterocycles. The minimum atomic E-state index is -4.94. The van der Waals surface area contributed by atoms with Gasteiger partial charge in [0.15, 0.2) is 5.71 Å². The SMILES string of the molecule is C[N+](C)=C1C=CC(=C2N=C(c3ccccc3)SS2)C=C1.[O-][Cl+3]([O-])([O-])[O-]. The lowest BCUT2D eigenvalue weighted by Crippen LogP contribution is -2.68. The zero-order valence-corrected chi connectivity index (χ0v) is 15.8.